The van der Waals surface area contributed by atoms with E-state index in [9.17, 15) is 17.6 Å². The average molecular weight is 383 g/mol. The summed E-state index contributed by atoms with van der Waals surface area (Å²) in [6, 6.07) is 3.53. The van der Waals surface area contributed by atoms with Crippen LogP contribution < -0.4 is 0 Å². The lowest BCUT2D eigenvalue weighted by molar-refractivity contribution is -0.137. The highest BCUT2D eigenvalue weighted by molar-refractivity contribution is 9.10. The first-order chi connectivity index (χ1) is 9.64. The lowest BCUT2D eigenvalue weighted by Gasteiger charge is -2.22. The van der Waals surface area contributed by atoms with Crippen molar-refractivity contribution in [2.45, 2.75) is 4.90 Å². The molecule has 0 radical (unpaired) electrons. The maximum Gasteiger partial charge on any atom is 0.318 e. The summed E-state index contributed by atoms with van der Waals surface area (Å²) < 4.78 is 39.8. The monoisotopic (exact) mass is 382 g/mol. The summed E-state index contributed by atoms with van der Waals surface area (Å²) in [5, 5.41) is 8.85. The number of aliphatic carboxylic acids is 1. The lowest BCUT2D eigenvalue weighted by Crippen LogP contribution is -2.40. The van der Waals surface area contributed by atoms with E-state index in [1.807, 2.05) is 0 Å². The minimum Gasteiger partial charge on any atom is -0.480 e. The second-order valence-electron chi connectivity index (χ2n) is 4.61. The normalized spacial score (nSPS) is 12.1. The first-order valence-corrected chi connectivity index (χ1v) is 8.19. The van der Waals surface area contributed by atoms with Crippen LogP contribution in [0.2, 0.25) is 0 Å². The lowest BCUT2D eigenvalue weighted by atomic mass is 10.3. The van der Waals surface area contributed by atoms with Crippen LogP contribution in [0.3, 0.4) is 0 Å². The van der Waals surface area contributed by atoms with Gasteiger partial charge >= 0.3 is 5.97 Å². The average Bonchev–Trinajstić information content (AvgIpc) is 2.33. The van der Waals surface area contributed by atoms with E-state index in [-0.39, 0.29) is 6.54 Å². The number of nitrogens with zero attached hydrogens (tertiary/aromatic N) is 2. The van der Waals surface area contributed by atoms with Crippen LogP contribution in [-0.4, -0.2) is 62.4 Å². The maximum atomic E-state index is 13.8. The van der Waals surface area contributed by atoms with Gasteiger partial charge in [-0.05, 0) is 32.3 Å². The van der Waals surface area contributed by atoms with Crippen molar-refractivity contribution in [2.24, 2.45) is 0 Å². The van der Waals surface area contributed by atoms with Crippen molar-refractivity contribution in [3.05, 3.63) is 28.5 Å². The molecule has 6 nitrogen and oxygen atoms in total. The Balaban J connectivity index is 3.16. The van der Waals surface area contributed by atoms with Gasteiger partial charge in [-0.1, -0.05) is 15.9 Å². The number of halogens is 2. The van der Waals surface area contributed by atoms with Gasteiger partial charge in [0.1, 0.15) is 17.3 Å². The third-order valence-corrected chi connectivity index (χ3v) is 4.99. The van der Waals surface area contributed by atoms with E-state index < -0.39 is 33.3 Å². The fourth-order valence-corrected chi connectivity index (χ4v) is 3.33. The van der Waals surface area contributed by atoms with Gasteiger partial charge in [-0.15, -0.1) is 0 Å². The number of hydrogen-bond acceptors (Lipinski definition) is 4. The zero-order valence-electron chi connectivity index (χ0n) is 11.6. The summed E-state index contributed by atoms with van der Waals surface area (Å²) in [6.45, 7) is -0.437. The van der Waals surface area contributed by atoms with Gasteiger partial charge in [0.25, 0.3) is 0 Å². The van der Waals surface area contributed by atoms with E-state index >= 15 is 0 Å². The Hall–Kier alpha value is -1.03. The van der Waals surface area contributed by atoms with Gasteiger partial charge < -0.3 is 10.0 Å². The van der Waals surface area contributed by atoms with Crippen molar-refractivity contribution in [1.82, 2.24) is 9.21 Å². The number of carboxylic acid groups (broad SMARTS) is 1. The largest absolute Gasteiger partial charge is 0.480 e. The van der Waals surface area contributed by atoms with Gasteiger partial charge in [0.2, 0.25) is 10.0 Å². The highest BCUT2D eigenvalue weighted by Gasteiger charge is 2.29. The standard InChI is InChI=1S/C12H16BrFN2O4S/c1-15(2)5-6-16(8-12(17)18)21(19,20)11-4-3-9(13)7-10(11)14/h3-4,7H,5-6,8H2,1-2H3,(H,17,18). The number of carbonyl (C=O) groups is 1. The minimum atomic E-state index is -4.21. The van der Waals surface area contributed by atoms with Gasteiger partial charge in [0.05, 0.1) is 0 Å². The summed E-state index contributed by atoms with van der Waals surface area (Å²) in [4.78, 5) is 12.0. The molecule has 9 heteroatoms. The molecule has 0 heterocycles. The summed E-state index contributed by atoms with van der Waals surface area (Å²) in [6.07, 6.45) is 0. The first kappa shape index (κ1) is 18.0. The Labute approximate surface area is 131 Å². The smallest absolute Gasteiger partial charge is 0.318 e. The summed E-state index contributed by atoms with van der Waals surface area (Å²) in [7, 11) is -0.753. The third-order valence-electron chi connectivity index (χ3n) is 2.62. The molecule has 1 aromatic carbocycles. The van der Waals surface area contributed by atoms with E-state index in [1.165, 1.54) is 6.07 Å². The highest BCUT2D eigenvalue weighted by Crippen LogP contribution is 2.22. The zero-order valence-corrected chi connectivity index (χ0v) is 14.0. The molecule has 1 N–H and O–H groups in total. The first-order valence-electron chi connectivity index (χ1n) is 5.96. The van der Waals surface area contributed by atoms with Gasteiger partial charge in [0.15, 0.2) is 0 Å². The number of likely N-dealkylation sites (N-methyl/N-ethyl adjacent to an activating group) is 1. The second kappa shape index (κ2) is 7.30. The van der Waals surface area contributed by atoms with Crippen LogP contribution in [0.5, 0.6) is 0 Å². The molecule has 1 rings (SSSR count). The quantitative estimate of drug-likeness (QED) is 0.766. The van der Waals surface area contributed by atoms with Crippen molar-refractivity contribution >= 4 is 31.9 Å². The molecule has 0 aromatic heterocycles. The van der Waals surface area contributed by atoms with Crippen molar-refractivity contribution in [3.8, 4) is 0 Å². The topological polar surface area (TPSA) is 77.9 Å². The summed E-state index contributed by atoms with van der Waals surface area (Å²) in [5.41, 5.74) is 0. The minimum absolute atomic E-state index is 0.0445. The predicted molar refractivity (Wildman–Crippen MR) is 79.0 cm³/mol. The molecular weight excluding hydrogens is 367 g/mol. The SMILES string of the molecule is CN(C)CCN(CC(=O)O)S(=O)(=O)c1ccc(Br)cc1F. The molecule has 0 saturated carbocycles. The van der Waals surface area contributed by atoms with Gasteiger partial charge in [-0.3, -0.25) is 4.79 Å². The molecule has 118 valence electrons. The maximum absolute atomic E-state index is 13.8. The zero-order chi connectivity index (χ0) is 16.2. The van der Waals surface area contributed by atoms with E-state index in [4.69, 9.17) is 5.11 Å². The molecule has 1 aromatic rings. The fraction of sp³-hybridized carbons (Fsp3) is 0.417. The molecule has 21 heavy (non-hydrogen) atoms. The molecule has 0 aliphatic heterocycles. The number of carboxylic acids is 1. The van der Waals surface area contributed by atoms with E-state index in [0.717, 1.165) is 16.4 Å². The summed E-state index contributed by atoms with van der Waals surface area (Å²) in [5.74, 6) is -2.22. The van der Waals surface area contributed by atoms with Crippen molar-refractivity contribution in [3.63, 3.8) is 0 Å². The Morgan fingerprint density at radius 3 is 2.43 bits per heavy atom. The van der Waals surface area contributed by atoms with Crippen LogP contribution in [0, 0.1) is 5.82 Å². The second-order valence-corrected chi connectivity index (χ2v) is 7.43. The van der Waals surface area contributed by atoms with Crippen LogP contribution in [-0.2, 0) is 14.8 Å². The van der Waals surface area contributed by atoms with Crippen LogP contribution >= 0.6 is 15.9 Å². The number of hydrogen-bond donors (Lipinski definition) is 1. The van der Waals surface area contributed by atoms with Gasteiger partial charge in [-0.2, -0.15) is 4.31 Å². The molecule has 0 bridgehead atoms. The van der Waals surface area contributed by atoms with Crippen molar-refractivity contribution in [2.75, 3.05) is 33.7 Å². The highest BCUT2D eigenvalue weighted by atomic mass is 79.9. The summed E-state index contributed by atoms with van der Waals surface area (Å²) >= 11 is 3.04. The molecule has 0 atom stereocenters. The fourth-order valence-electron chi connectivity index (χ4n) is 1.57. The van der Waals surface area contributed by atoms with Gasteiger partial charge in [-0.25, -0.2) is 12.8 Å². The van der Waals surface area contributed by atoms with Crippen molar-refractivity contribution in [1.29, 1.82) is 0 Å². The van der Waals surface area contributed by atoms with Crippen LogP contribution in [0.25, 0.3) is 0 Å². The van der Waals surface area contributed by atoms with Crippen LogP contribution in [0.1, 0.15) is 0 Å². The van der Waals surface area contributed by atoms with E-state index in [2.05, 4.69) is 15.9 Å². The van der Waals surface area contributed by atoms with Crippen molar-refractivity contribution < 1.29 is 22.7 Å². The Bertz CT molecular complexity index is 622. The van der Waals surface area contributed by atoms with E-state index in [1.54, 1.807) is 19.0 Å². The Morgan fingerprint density at radius 2 is 1.95 bits per heavy atom. The molecule has 0 amide bonds. The molecule has 0 spiro atoms. The van der Waals surface area contributed by atoms with Crippen LogP contribution in [0.4, 0.5) is 4.39 Å². The molecular formula is C12H16BrFN2O4S. The predicted octanol–water partition coefficient (Wildman–Crippen LogP) is 1.23. The number of rotatable bonds is 7. The van der Waals surface area contributed by atoms with Crippen LogP contribution in [0.15, 0.2) is 27.6 Å². The Kier molecular flexibility index (Phi) is 6.26. The number of benzene rings is 1. The number of sulfonamides is 1. The van der Waals surface area contributed by atoms with E-state index in [0.29, 0.717) is 11.0 Å². The molecule has 0 unspecified atom stereocenters. The molecule has 0 fully saturated rings. The molecule has 0 aliphatic rings. The Morgan fingerprint density at radius 1 is 1.33 bits per heavy atom. The molecule has 0 saturated heterocycles. The molecule has 0 aliphatic carbocycles. The third kappa shape index (κ3) is 5.03. The van der Waals surface area contributed by atoms with Gasteiger partial charge in [0, 0.05) is 17.6 Å².